The van der Waals surface area contributed by atoms with E-state index >= 15 is 0 Å². The molecule has 1 saturated heterocycles. The maximum atomic E-state index is 12.8. The summed E-state index contributed by atoms with van der Waals surface area (Å²) in [5.41, 5.74) is 4.18. The fourth-order valence-corrected chi connectivity index (χ4v) is 3.32. The number of anilines is 1. The number of nitrogens with one attached hydrogen (secondary N) is 1. The van der Waals surface area contributed by atoms with E-state index in [1.54, 1.807) is 6.20 Å². The van der Waals surface area contributed by atoms with Gasteiger partial charge >= 0.3 is 0 Å². The number of benzene rings is 1. The van der Waals surface area contributed by atoms with Gasteiger partial charge in [0, 0.05) is 37.1 Å². The normalized spacial score (nSPS) is 18.3. The van der Waals surface area contributed by atoms with E-state index in [2.05, 4.69) is 53.2 Å². The van der Waals surface area contributed by atoms with Crippen LogP contribution >= 0.6 is 0 Å². The summed E-state index contributed by atoms with van der Waals surface area (Å²) < 4.78 is 0. The number of piperazine rings is 1. The monoisotopic (exact) mass is 312 g/mol. The van der Waals surface area contributed by atoms with E-state index in [1.165, 1.54) is 11.3 Å². The number of carbonyl (C=O) groups excluding carboxylic acids is 1. The summed E-state index contributed by atoms with van der Waals surface area (Å²) in [6, 6.07) is 8.60. The molecule has 2 heterocycles. The lowest BCUT2D eigenvalue weighted by molar-refractivity contribution is 0.0673. The highest BCUT2D eigenvalue weighted by atomic mass is 16.2. The van der Waals surface area contributed by atoms with E-state index in [0.29, 0.717) is 5.56 Å². The van der Waals surface area contributed by atoms with Crippen molar-refractivity contribution in [1.29, 1.82) is 0 Å². The molecular formula is C18H24N4O. The van der Waals surface area contributed by atoms with Gasteiger partial charge in [0.15, 0.2) is 0 Å². The number of H-pyrrole nitrogens is 1. The SMILES string of the molecule is CCc1[nH]ncc1C(=O)N1CCN(c2ccccc2C)C[C@H]1C. The maximum Gasteiger partial charge on any atom is 0.257 e. The van der Waals surface area contributed by atoms with Crippen LogP contribution in [0.1, 0.15) is 35.5 Å². The first kappa shape index (κ1) is 15.6. The lowest BCUT2D eigenvalue weighted by Gasteiger charge is -2.41. The Morgan fingerprint density at radius 2 is 2.13 bits per heavy atom. The molecule has 0 bridgehead atoms. The van der Waals surface area contributed by atoms with Gasteiger partial charge in [-0.25, -0.2) is 0 Å². The minimum absolute atomic E-state index is 0.0903. The van der Waals surface area contributed by atoms with Crippen molar-refractivity contribution in [2.45, 2.75) is 33.2 Å². The highest BCUT2D eigenvalue weighted by Crippen LogP contribution is 2.24. The number of rotatable bonds is 3. The van der Waals surface area contributed by atoms with Crippen molar-refractivity contribution < 1.29 is 4.79 Å². The second kappa shape index (κ2) is 6.44. The summed E-state index contributed by atoms with van der Waals surface area (Å²) in [4.78, 5) is 17.2. The van der Waals surface area contributed by atoms with Crippen molar-refractivity contribution in [3.05, 3.63) is 47.3 Å². The zero-order valence-electron chi connectivity index (χ0n) is 14.0. The molecule has 0 spiro atoms. The topological polar surface area (TPSA) is 52.2 Å². The van der Waals surface area contributed by atoms with Crippen LogP contribution in [0.15, 0.2) is 30.5 Å². The molecule has 2 aromatic rings. The fourth-order valence-electron chi connectivity index (χ4n) is 3.32. The zero-order chi connectivity index (χ0) is 16.4. The van der Waals surface area contributed by atoms with Crippen LogP contribution in [0.25, 0.3) is 0 Å². The van der Waals surface area contributed by atoms with Gasteiger partial charge in [0.25, 0.3) is 5.91 Å². The quantitative estimate of drug-likeness (QED) is 0.948. The van der Waals surface area contributed by atoms with Gasteiger partial charge in [0.2, 0.25) is 0 Å². The van der Waals surface area contributed by atoms with E-state index < -0.39 is 0 Å². The van der Waals surface area contributed by atoms with Gasteiger partial charge in [-0.3, -0.25) is 9.89 Å². The molecular weight excluding hydrogens is 288 g/mol. The highest BCUT2D eigenvalue weighted by molar-refractivity contribution is 5.95. The second-order valence-corrected chi connectivity index (χ2v) is 6.20. The molecule has 0 radical (unpaired) electrons. The number of hydrogen-bond donors (Lipinski definition) is 1. The molecule has 1 amide bonds. The van der Waals surface area contributed by atoms with Crippen LogP contribution in [0.4, 0.5) is 5.69 Å². The summed E-state index contributed by atoms with van der Waals surface area (Å²) >= 11 is 0. The first-order valence-electron chi connectivity index (χ1n) is 8.25. The van der Waals surface area contributed by atoms with E-state index in [0.717, 1.165) is 31.7 Å². The molecule has 0 saturated carbocycles. The third kappa shape index (κ3) is 2.96. The van der Waals surface area contributed by atoms with Gasteiger partial charge in [0.05, 0.1) is 11.8 Å². The molecule has 1 aromatic heterocycles. The molecule has 122 valence electrons. The number of para-hydroxylation sites is 1. The number of aromatic amines is 1. The van der Waals surface area contributed by atoms with Crippen molar-refractivity contribution in [3.63, 3.8) is 0 Å². The molecule has 1 aromatic carbocycles. The Labute approximate surface area is 137 Å². The Morgan fingerprint density at radius 3 is 2.83 bits per heavy atom. The van der Waals surface area contributed by atoms with Crippen molar-refractivity contribution in [2.24, 2.45) is 0 Å². The minimum Gasteiger partial charge on any atom is -0.367 e. The fraction of sp³-hybridized carbons (Fsp3) is 0.444. The number of aromatic nitrogens is 2. The van der Waals surface area contributed by atoms with Gasteiger partial charge in [-0.1, -0.05) is 25.1 Å². The van der Waals surface area contributed by atoms with Gasteiger partial charge in [-0.2, -0.15) is 5.10 Å². The minimum atomic E-state index is 0.0903. The van der Waals surface area contributed by atoms with Crippen LogP contribution in [0.3, 0.4) is 0 Å². The lowest BCUT2D eigenvalue weighted by Crippen LogP contribution is -2.54. The third-order valence-corrected chi connectivity index (χ3v) is 4.65. The standard InChI is InChI=1S/C18H24N4O/c1-4-16-15(11-19-20-16)18(23)22-10-9-21(12-14(22)3)17-8-6-5-7-13(17)2/h5-8,11,14H,4,9-10,12H2,1-3H3,(H,19,20)/t14-/m1/s1. The average Bonchev–Trinajstić information content (AvgIpc) is 3.03. The Balaban J connectivity index is 1.74. The molecule has 1 aliphatic heterocycles. The zero-order valence-corrected chi connectivity index (χ0v) is 14.0. The van der Waals surface area contributed by atoms with Gasteiger partial charge in [-0.15, -0.1) is 0 Å². The molecule has 0 unspecified atom stereocenters. The third-order valence-electron chi connectivity index (χ3n) is 4.65. The molecule has 0 aliphatic carbocycles. The average molecular weight is 312 g/mol. The van der Waals surface area contributed by atoms with E-state index in [-0.39, 0.29) is 11.9 Å². The molecule has 23 heavy (non-hydrogen) atoms. The van der Waals surface area contributed by atoms with Gasteiger partial charge in [-0.05, 0) is 31.9 Å². The van der Waals surface area contributed by atoms with Crippen molar-refractivity contribution in [3.8, 4) is 0 Å². The number of amides is 1. The molecule has 1 fully saturated rings. The van der Waals surface area contributed by atoms with E-state index in [4.69, 9.17) is 0 Å². The number of aryl methyl sites for hydroxylation is 2. The molecule has 5 nitrogen and oxygen atoms in total. The highest BCUT2D eigenvalue weighted by Gasteiger charge is 2.30. The van der Waals surface area contributed by atoms with Crippen molar-refractivity contribution >= 4 is 11.6 Å². The molecule has 1 N–H and O–H groups in total. The number of nitrogens with zero attached hydrogens (tertiary/aromatic N) is 3. The largest absolute Gasteiger partial charge is 0.367 e. The first-order valence-corrected chi connectivity index (χ1v) is 8.25. The van der Waals surface area contributed by atoms with Crippen LogP contribution < -0.4 is 4.90 Å². The Kier molecular flexibility index (Phi) is 4.37. The second-order valence-electron chi connectivity index (χ2n) is 6.20. The smallest absolute Gasteiger partial charge is 0.257 e. The van der Waals surface area contributed by atoms with Crippen LogP contribution in [0.2, 0.25) is 0 Å². The number of carbonyl (C=O) groups is 1. The van der Waals surface area contributed by atoms with Gasteiger partial charge < -0.3 is 9.80 Å². The molecule has 5 heteroatoms. The Hall–Kier alpha value is -2.30. The molecule has 3 rings (SSSR count). The molecule has 1 aliphatic rings. The van der Waals surface area contributed by atoms with Crippen molar-refractivity contribution in [2.75, 3.05) is 24.5 Å². The van der Waals surface area contributed by atoms with Crippen LogP contribution in [0.5, 0.6) is 0 Å². The summed E-state index contributed by atoms with van der Waals surface area (Å²) in [5.74, 6) is 0.0903. The maximum absolute atomic E-state index is 12.8. The van der Waals surface area contributed by atoms with Crippen LogP contribution in [0, 0.1) is 6.92 Å². The summed E-state index contributed by atoms with van der Waals surface area (Å²) in [5, 5.41) is 6.95. The first-order chi connectivity index (χ1) is 11.1. The lowest BCUT2D eigenvalue weighted by atomic mass is 10.1. The predicted molar refractivity (Wildman–Crippen MR) is 91.9 cm³/mol. The van der Waals surface area contributed by atoms with Gasteiger partial charge in [0.1, 0.15) is 0 Å². The Morgan fingerprint density at radius 1 is 1.35 bits per heavy atom. The summed E-state index contributed by atoms with van der Waals surface area (Å²) in [6.07, 6.45) is 2.44. The predicted octanol–water partition coefficient (Wildman–Crippen LogP) is 2.63. The van der Waals surface area contributed by atoms with Crippen LogP contribution in [-0.2, 0) is 6.42 Å². The molecule has 1 atom stereocenters. The Bertz CT molecular complexity index is 694. The van der Waals surface area contributed by atoms with E-state index in [9.17, 15) is 4.79 Å². The van der Waals surface area contributed by atoms with Crippen LogP contribution in [-0.4, -0.2) is 46.7 Å². The van der Waals surface area contributed by atoms with Crippen molar-refractivity contribution in [1.82, 2.24) is 15.1 Å². The number of hydrogen-bond acceptors (Lipinski definition) is 3. The summed E-state index contributed by atoms with van der Waals surface area (Å²) in [7, 11) is 0. The summed E-state index contributed by atoms with van der Waals surface area (Å²) in [6.45, 7) is 8.74. The van der Waals surface area contributed by atoms with E-state index in [1.807, 2.05) is 11.8 Å².